The monoisotopic (exact) mass is 616 g/mol. The minimum absolute atomic E-state index is 0.678. The molecule has 0 amide bonds. The number of nitrogens with zero attached hydrogens (tertiary/aromatic N) is 4. The number of benzene rings is 6. The SMILES string of the molecule is Cc1cc(-c2cccc(-c3cc(-c4ccc5ccccc5c4)cc(-c4nc(-c5ccccc5)cc(-c5ccccc5)n4)c3)c2)nc(C)n1. The minimum Gasteiger partial charge on any atom is -0.239 e. The van der Waals surface area contributed by atoms with Gasteiger partial charge in [-0.05, 0) is 89.3 Å². The molecule has 0 unspecified atom stereocenters. The summed E-state index contributed by atoms with van der Waals surface area (Å²) in [6, 6.07) is 55.1. The van der Waals surface area contributed by atoms with E-state index < -0.39 is 0 Å². The van der Waals surface area contributed by atoms with Crippen molar-refractivity contribution < 1.29 is 0 Å². The quantitative estimate of drug-likeness (QED) is 0.186. The van der Waals surface area contributed by atoms with Gasteiger partial charge in [-0.1, -0.05) is 115 Å². The van der Waals surface area contributed by atoms with Gasteiger partial charge in [0.05, 0.1) is 17.1 Å². The van der Waals surface area contributed by atoms with Crippen LogP contribution in [0.1, 0.15) is 11.5 Å². The van der Waals surface area contributed by atoms with Gasteiger partial charge in [0, 0.05) is 27.9 Å². The number of hydrogen-bond acceptors (Lipinski definition) is 4. The molecular weight excluding hydrogens is 585 g/mol. The summed E-state index contributed by atoms with van der Waals surface area (Å²) in [5, 5.41) is 2.42. The lowest BCUT2D eigenvalue weighted by molar-refractivity contribution is 1.02. The van der Waals surface area contributed by atoms with E-state index in [1.54, 1.807) is 0 Å². The lowest BCUT2D eigenvalue weighted by atomic mass is 9.93. The van der Waals surface area contributed by atoms with Crippen molar-refractivity contribution in [3.8, 4) is 67.4 Å². The van der Waals surface area contributed by atoms with E-state index in [0.29, 0.717) is 5.82 Å². The molecule has 0 atom stereocenters. The van der Waals surface area contributed by atoms with Gasteiger partial charge < -0.3 is 0 Å². The van der Waals surface area contributed by atoms with Crippen molar-refractivity contribution in [2.24, 2.45) is 0 Å². The number of rotatable bonds is 6. The van der Waals surface area contributed by atoms with E-state index in [-0.39, 0.29) is 0 Å². The molecule has 0 saturated carbocycles. The highest BCUT2D eigenvalue weighted by molar-refractivity contribution is 5.89. The highest BCUT2D eigenvalue weighted by atomic mass is 14.9. The molecule has 8 rings (SSSR count). The van der Waals surface area contributed by atoms with Crippen LogP contribution in [0.5, 0.6) is 0 Å². The van der Waals surface area contributed by atoms with Crippen molar-refractivity contribution in [2.75, 3.05) is 0 Å². The second-order valence-electron chi connectivity index (χ2n) is 12.1. The summed E-state index contributed by atoms with van der Waals surface area (Å²) in [5.74, 6) is 1.44. The molecule has 4 heteroatoms. The Hall–Kier alpha value is -6.26. The van der Waals surface area contributed by atoms with Crippen LogP contribution in [-0.4, -0.2) is 19.9 Å². The minimum atomic E-state index is 0.678. The Labute approximate surface area is 280 Å². The van der Waals surface area contributed by atoms with Gasteiger partial charge in [0.2, 0.25) is 0 Å². The number of fused-ring (bicyclic) bond motifs is 1. The number of hydrogen-bond donors (Lipinski definition) is 0. The van der Waals surface area contributed by atoms with Crippen LogP contribution in [0.2, 0.25) is 0 Å². The predicted octanol–water partition coefficient (Wildman–Crippen LogP) is 11.0. The topological polar surface area (TPSA) is 51.6 Å². The fraction of sp³-hybridized carbons (Fsp3) is 0.0455. The van der Waals surface area contributed by atoms with Gasteiger partial charge in [-0.2, -0.15) is 0 Å². The molecule has 8 aromatic rings. The zero-order valence-electron chi connectivity index (χ0n) is 26.8. The van der Waals surface area contributed by atoms with Crippen molar-refractivity contribution in [1.82, 2.24) is 19.9 Å². The maximum atomic E-state index is 5.18. The molecule has 2 aromatic heterocycles. The molecular formula is C44H32N4. The Balaban J connectivity index is 1.34. The third-order valence-corrected chi connectivity index (χ3v) is 8.60. The molecule has 0 aliphatic heterocycles. The molecule has 0 spiro atoms. The summed E-state index contributed by atoms with van der Waals surface area (Å²) in [5.41, 5.74) is 12.1. The van der Waals surface area contributed by atoms with Crippen molar-refractivity contribution in [3.05, 3.63) is 169 Å². The standard InChI is InChI=1S/C44H32N4/c1-29-22-41(46-30(2)45-29)37-19-11-18-35(24-37)38-25-39(36-21-20-31-12-9-10-17-34(31)23-36)27-40(26-38)44-47-42(32-13-5-3-6-14-32)28-43(48-44)33-15-7-4-8-16-33/h3-28H,1-2H3. The van der Waals surface area contributed by atoms with Crippen LogP contribution in [0.15, 0.2) is 158 Å². The molecule has 0 saturated heterocycles. The third kappa shape index (κ3) is 6.00. The normalized spacial score (nSPS) is 11.1. The first-order chi connectivity index (χ1) is 23.6. The first kappa shape index (κ1) is 29.2. The van der Waals surface area contributed by atoms with E-state index in [2.05, 4.69) is 120 Å². The van der Waals surface area contributed by atoms with E-state index in [1.165, 1.54) is 10.8 Å². The molecule has 0 aliphatic carbocycles. The molecule has 0 bridgehead atoms. The van der Waals surface area contributed by atoms with Gasteiger partial charge >= 0.3 is 0 Å². The van der Waals surface area contributed by atoms with E-state index >= 15 is 0 Å². The van der Waals surface area contributed by atoms with E-state index in [4.69, 9.17) is 15.0 Å². The summed E-state index contributed by atoms with van der Waals surface area (Å²) >= 11 is 0. The molecule has 0 aliphatic rings. The maximum absolute atomic E-state index is 5.18. The molecule has 48 heavy (non-hydrogen) atoms. The van der Waals surface area contributed by atoms with Crippen molar-refractivity contribution in [3.63, 3.8) is 0 Å². The Kier molecular flexibility index (Phi) is 7.60. The van der Waals surface area contributed by atoms with Gasteiger partial charge in [-0.3, -0.25) is 0 Å². The van der Waals surface area contributed by atoms with Crippen LogP contribution in [0.3, 0.4) is 0 Å². The van der Waals surface area contributed by atoms with E-state index in [1.807, 2.05) is 56.3 Å². The number of aromatic nitrogens is 4. The van der Waals surface area contributed by atoms with Gasteiger partial charge in [0.1, 0.15) is 5.82 Å². The summed E-state index contributed by atoms with van der Waals surface area (Å²) in [6.07, 6.45) is 0. The summed E-state index contributed by atoms with van der Waals surface area (Å²) < 4.78 is 0. The fourth-order valence-corrected chi connectivity index (χ4v) is 6.27. The lowest BCUT2D eigenvalue weighted by Crippen LogP contribution is -1.97. The Bertz CT molecular complexity index is 2340. The first-order valence-corrected chi connectivity index (χ1v) is 16.1. The van der Waals surface area contributed by atoms with Crippen molar-refractivity contribution in [2.45, 2.75) is 13.8 Å². The summed E-state index contributed by atoms with van der Waals surface area (Å²) in [4.78, 5) is 19.6. The van der Waals surface area contributed by atoms with Crippen LogP contribution in [0, 0.1) is 13.8 Å². The Morgan fingerprint density at radius 2 is 0.833 bits per heavy atom. The summed E-state index contributed by atoms with van der Waals surface area (Å²) in [7, 11) is 0. The first-order valence-electron chi connectivity index (χ1n) is 16.1. The third-order valence-electron chi connectivity index (χ3n) is 8.60. The predicted molar refractivity (Wildman–Crippen MR) is 197 cm³/mol. The molecule has 0 fully saturated rings. The molecule has 0 N–H and O–H groups in total. The zero-order chi connectivity index (χ0) is 32.5. The zero-order valence-corrected chi connectivity index (χ0v) is 26.8. The van der Waals surface area contributed by atoms with Gasteiger partial charge in [-0.25, -0.2) is 19.9 Å². The van der Waals surface area contributed by atoms with Gasteiger partial charge in [0.25, 0.3) is 0 Å². The van der Waals surface area contributed by atoms with Crippen LogP contribution < -0.4 is 0 Å². The summed E-state index contributed by atoms with van der Waals surface area (Å²) in [6.45, 7) is 3.95. The average Bonchev–Trinajstić information content (AvgIpc) is 3.14. The van der Waals surface area contributed by atoms with E-state index in [0.717, 1.165) is 73.1 Å². The largest absolute Gasteiger partial charge is 0.239 e. The molecule has 6 aromatic carbocycles. The van der Waals surface area contributed by atoms with Gasteiger partial charge in [-0.15, -0.1) is 0 Å². The molecule has 0 radical (unpaired) electrons. The van der Waals surface area contributed by atoms with E-state index in [9.17, 15) is 0 Å². The lowest BCUT2D eigenvalue weighted by Gasteiger charge is -2.14. The van der Waals surface area contributed by atoms with Crippen LogP contribution in [0.4, 0.5) is 0 Å². The van der Waals surface area contributed by atoms with Crippen LogP contribution in [-0.2, 0) is 0 Å². The average molecular weight is 617 g/mol. The number of aryl methyl sites for hydroxylation is 2. The Morgan fingerprint density at radius 1 is 0.312 bits per heavy atom. The molecule has 4 nitrogen and oxygen atoms in total. The molecule has 2 heterocycles. The highest BCUT2D eigenvalue weighted by Crippen LogP contribution is 2.36. The van der Waals surface area contributed by atoms with Crippen LogP contribution >= 0.6 is 0 Å². The fourth-order valence-electron chi connectivity index (χ4n) is 6.27. The van der Waals surface area contributed by atoms with Crippen LogP contribution in [0.25, 0.3) is 78.2 Å². The molecule has 228 valence electrons. The smallest absolute Gasteiger partial charge is 0.160 e. The second-order valence-corrected chi connectivity index (χ2v) is 12.1. The van der Waals surface area contributed by atoms with Crippen molar-refractivity contribution in [1.29, 1.82) is 0 Å². The second kappa shape index (κ2) is 12.5. The Morgan fingerprint density at radius 3 is 1.50 bits per heavy atom. The van der Waals surface area contributed by atoms with Gasteiger partial charge in [0.15, 0.2) is 5.82 Å². The maximum Gasteiger partial charge on any atom is 0.160 e. The highest BCUT2D eigenvalue weighted by Gasteiger charge is 2.15. The van der Waals surface area contributed by atoms with Crippen molar-refractivity contribution >= 4 is 10.8 Å².